The van der Waals surface area contributed by atoms with E-state index in [2.05, 4.69) is 33.0 Å². The molecule has 0 aromatic rings. The van der Waals surface area contributed by atoms with Crippen molar-refractivity contribution in [3.8, 4) is 0 Å². The highest BCUT2D eigenvalue weighted by molar-refractivity contribution is 5.73. The lowest BCUT2D eigenvalue weighted by Gasteiger charge is -2.27. The lowest BCUT2D eigenvalue weighted by Crippen LogP contribution is -2.42. The van der Waals surface area contributed by atoms with Crippen molar-refractivity contribution in [2.45, 2.75) is 33.7 Å². The molecular weight excluding hydrogens is 180 g/mol. The summed E-state index contributed by atoms with van der Waals surface area (Å²) < 4.78 is 0. The van der Waals surface area contributed by atoms with Crippen LogP contribution in [0.25, 0.3) is 0 Å². The number of aliphatic carboxylic acids is 1. The fourth-order valence-corrected chi connectivity index (χ4v) is 0.849. The Bertz CT molecular complexity index is 187. The molecule has 0 fully saturated rings. The summed E-state index contributed by atoms with van der Waals surface area (Å²) in [6.45, 7) is 9.75. The normalized spacial score (nSPS) is 16.4. The Morgan fingerprint density at radius 1 is 1.43 bits per heavy atom. The fourth-order valence-electron chi connectivity index (χ4n) is 0.849. The van der Waals surface area contributed by atoms with Crippen LogP contribution in [0.2, 0.25) is 0 Å². The molecule has 0 amide bonds. The smallest absolute Gasteiger partial charge is 0.321 e. The lowest BCUT2D eigenvalue weighted by molar-refractivity contribution is -0.138. The van der Waals surface area contributed by atoms with Crippen LogP contribution in [0.1, 0.15) is 27.7 Å². The van der Waals surface area contributed by atoms with Crippen LogP contribution < -0.4 is 11.1 Å². The number of carboxylic acids is 1. The third kappa shape index (κ3) is 5.19. The Labute approximate surface area is 85.9 Å². The summed E-state index contributed by atoms with van der Waals surface area (Å²) in [7, 11) is 0. The maximum absolute atomic E-state index is 10.4. The van der Waals surface area contributed by atoms with Crippen molar-refractivity contribution in [1.29, 1.82) is 0 Å². The summed E-state index contributed by atoms with van der Waals surface area (Å²) in [5.41, 5.74) is 5.59. The van der Waals surface area contributed by atoms with E-state index in [-0.39, 0.29) is 5.41 Å². The summed E-state index contributed by atoms with van der Waals surface area (Å²) in [5.74, 6) is -0.468. The second-order valence-electron chi connectivity index (χ2n) is 4.87. The van der Waals surface area contributed by atoms with Crippen LogP contribution >= 0.6 is 0 Å². The maximum atomic E-state index is 10.4. The topological polar surface area (TPSA) is 75.3 Å². The molecule has 84 valence electrons. The molecule has 0 aromatic heterocycles. The zero-order chi connectivity index (χ0) is 11.4. The van der Waals surface area contributed by atoms with Gasteiger partial charge in [0.25, 0.3) is 0 Å². The molecule has 0 spiro atoms. The van der Waals surface area contributed by atoms with Crippen LogP contribution in [0.15, 0.2) is 0 Å². The zero-order valence-corrected chi connectivity index (χ0v) is 9.50. The minimum absolute atomic E-state index is 0.236. The number of nitrogens with one attached hydrogen (secondary N) is 1. The lowest BCUT2D eigenvalue weighted by atomic mass is 9.82. The van der Waals surface area contributed by atoms with Gasteiger partial charge in [0.05, 0.1) is 0 Å². The molecule has 0 aromatic carbocycles. The van der Waals surface area contributed by atoms with E-state index in [9.17, 15) is 4.79 Å². The van der Waals surface area contributed by atoms with Gasteiger partial charge in [0, 0.05) is 6.54 Å². The average molecular weight is 202 g/mol. The van der Waals surface area contributed by atoms with E-state index in [1.54, 1.807) is 0 Å². The van der Waals surface area contributed by atoms with Crippen molar-refractivity contribution in [3.05, 3.63) is 0 Å². The SMILES string of the molecule is CC(CNCC(N)C(=O)O)C(C)(C)C. The molecule has 0 saturated carbocycles. The minimum Gasteiger partial charge on any atom is -0.480 e. The van der Waals surface area contributed by atoms with Gasteiger partial charge in [-0.3, -0.25) is 4.79 Å². The molecule has 4 heteroatoms. The molecule has 4 N–H and O–H groups in total. The Balaban J connectivity index is 3.70. The first-order chi connectivity index (χ1) is 6.25. The van der Waals surface area contributed by atoms with Gasteiger partial charge in [-0.15, -0.1) is 0 Å². The molecule has 0 radical (unpaired) electrons. The quantitative estimate of drug-likeness (QED) is 0.612. The number of carbonyl (C=O) groups is 1. The van der Waals surface area contributed by atoms with Crippen molar-refractivity contribution < 1.29 is 9.90 Å². The molecule has 0 aliphatic heterocycles. The van der Waals surface area contributed by atoms with Crippen molar-refractivity contribution in [2.24, 2.45) is 17.1 Å². The summed E-state index contributed by atoms with van der Waals surface area (Å²) in [4.78, 5) is 10.4. The molecule has 0 aliphatic carbocycles. The predicted octanol–water partition coefficient (Wildman–Crippen LogP) is 0.670. The largest absolute Gasteiger partial charge is 0.480 e. The highest BCUT2D eigenvalue weighted by atomic mass is 16.4. The van der Waals surface area contributed by atoms with Gasteiger partial charge in [-0.2, -0.15) is 0 Å². The van der Waals surface area contributed by atoms with Gasteiger partial charge in [0.15, 0.2) is 0 Å². The number of rotatable bonds is 5. The van der Waals surface area contributed by atoms with Crippen molar-refractivity contribution in [3.63, 3.8) is 0 Å². The van der Waals surface area contributed by atoms with Gasteiger partial charge >= 0.3 is 5.97 Å². The van der Waals surface area contributed by atoms with Crippen LogP contribution in [-0.4, -0.2) is 30.2 Å². The highest BCUT2D eigenvalue weighted by Gasteiger charge is 2.20. The van der Waals surface area contributed by atoms with Crippen LogP contribution in [-0.2, 0) is 4.79 Å². The summed E-state index contributed by atoms with van der Waals surface area (Å²) in [6, 6.07) is -0.804. The van der Waals surface area contributed by atoms with Crippen LogP contribution in [0.5, 0.6) is 0 Å². The molecule has 4 nitrogen and oxygen atoms in total. The minimum atomic E-state index is -0.957. The van der Waals surface area contributed by atoms with E-state index >= 15 is 0 Å². The van der Waals surface area contributed by atoms with Gasteiger partial charge < -0.3 is 16.2 Å². The van der Waals surface area contributed by atoms with Crippen LogP contribution in [0.4, 0.5) is 0 Å². The molecule has 0 saturated heterocycles. The van der Waals surface area contributed by atoms with E-state index in [1.165, 1.54) is 0 Å². The molecule has 2 unspecified atom stereocenters. The second-order valence-corrected chi connectivity index (χ2v) is 4.87. The molecular formula is C10H22N2O2. The van der Waals surface area contributed by atoms with E-state index in [4.69, 9.17) is 10.8 Å². The van der Waals surface area contributed by atoms with Crippen molar-refractivity contribution in [2.75, 3.05) is 13.1 Å². The van der Waals surface area contributed by atoms with Gasteiger partial charge in [0.2, 0.25) is 0 Å². The number of carboxylic acid groups (broad SMARTS) is 1. The summed E-state index contributed by atoms with van der Waals surface area (Å²) >= 11 is 0. The molecule has 2 atom stereocenters. The van der Waals surface area contributed by atoms with Gasteiger partial charge in [-0.25, -0.2) is 0 Å². The fraction of sp³-hybridized carbons (Fsp3) is 0.900. The zero-order valence-electron chi connectivity index (χ0n) is 9.50. The Kier molecular flexibility index (Phi) is 5.08. The molecule has 0 aliphatic rings. The number of nitrogens with two attached hydrogens (primary N) is 1. The highest BCUT2D eigenvalue weighted by Crippen LogP contribution is 2.24. The van der Waals surface area contributed by atoms with E-state index < -0.39 is 12.0 Å². The maximum Gasteiger partial charge on any atom is 0.321 e. The number of hydrogen-bond acceptors (Lipinski definition) is 3. The Morgan fingerprint density at radius 3 is 2.29 bits per heavy atom. The first-order valence-electron chi connectivity index (χ1n) is 4.94. The first kappa shape index (κ1) is 13.4. The average Bonchev–Trinajstić information content (AvgIpc) is 2.01. The predicted molar refractivity (Wildman–Crippen MR) is 57.1 cm³/mol. The summed E-state index contributed by atoms with van der Waals surface area (Å²) in [6.07, 6.45) is 0. The van der Waals surface area contributed by atoms with Gasteiger partial charge in [0.1, 0.15) is 6.04 Å². The summed E-state index contributed by atoms with van der Waals surface area (Å²) in [5, 5.41) is 11.6. The molecule has 14 heavy (non-hydrogen) atoms. The van der Waals surface area contributed by atoms with Gasteiger partial charge in [-0.1, -0.05) is 27.7 Å². The molecule has 0 bridgehead atoms. The first-order valence-corrected chi connectivity index (χ1v) is 4.94. The molecule has 0 heterocycles. The van der Waals surface area contributed by atoms with Gasteiger partial charge in [-0.05, 0) is 17.9 Å². The third-order valence-corrected chi connectivity index (χ3v) is 2.61. The number of hydrogen-bond donors (Lipinski definition) is 3. The third-order valence-electron chi connectivity index (χ3n) is 2.61. The Hall–Kier alpha value is -0.610. The van der Waals surface area contributed by atoms with Crippen molar-refractivity contribution in [1.82, 2.24) is 5.32 Å². The van der Waals surface area contributed by atoms with Crippen LogP contribution in [0.3, 0.4) is 0 Å². The van der Waals surface area contributed by atoms with E-state index in [0.717, 1.165) is 6.54 Å². The van der Waals surface area contributed by atoms with Crippen LogP contribution in [0, 0.1) is 11.3 Å². The van der Waals surface area contributed by atoms with E-state index in [1.807, 2.05) is 0 Å². The van der Waals surface area contributed by atoms with Crippen molar-refractivity contribution >= 4 is 5.97 Å². The standard InChI is InChI=1S/C10H22N2O2/c1-7(10(2,3)4)5-12-6-8(11)9(13)14/h7-8,12H,5-6,11H2,1-4H3,(H,13,14). The monoisotopic (exact) mass is 202 g/mol. The van der Waals surface area contributed by atoms with E-state index in [0.29, 0.717) is 12.5 Å². The Morgan fingerprint density at radius 2 is 1.93 bits per heavy atom. The second kappa shape index (κ2) is 5.32. The molecule has 0 rings (SSSR count).